The summed E-state index contributed by atoms with van der Waals surface area (Å²) in [5, 5.41) is 0. The van der Waals surface area contributed by atoms with Crippen molar-refractivity contribution in [1.82, 2.24) is 9.88 Å². The first-order valence-electron chi connectivity index (χ1n) is 6.90. The van der Waals surface area contributed by atoms with Gasteiger partial charge in [0.25, 0.3) is 0 Å². The zero-order chi connectivity index (χ0) is 15.0. The topological polar surface area (TPSA) is 44.1 Å². The van der Waals surface area contributed by atoms with E-state index in [4.69, 9.17) is 0 Å². The van der Waals surface area contributed by atoms with Gasteiger partial charge >= 0.3 is 0 Å². The third-order valence-corrected chi connectivity index (χ3v) is 2.91. The second-order valence-corrected chi connectivity index (χ2v) is 5.28. The maximum absolute atomic E-state index is 4.35. The Kier molecular flexibility index (Phi) is 6.91. The Labute approximate surface area is 122 Å². The fourth-order valence-electron chi connectivity index (χ4n) is 1.65. The van der Waals surface area contributed by atoms with Gasteiger partial charge in [-0.2, -0.15) is 0 Å². The molecule has 5 nitrogen and oxygen atoms in total. The van der Waals surface area contributed by atoms with Gasteiger partial charge < -0.3 is 9.80 Å². The molecule has 1 heterocycles. The van der Waals surface area contributed by atoms with E-state index in [2.05, 4.69) is 44.9 Å². The molecule has 0 aliphatic carbocycles. The zero-order valence-corrected chi connectivity index (χ0v) is 13.2. The van der Waals surface area contributed by atoms with Crippen LogP contribution in [0.4, 0.5) is 5.69 Å². The van der Waals surface area contributed by atoms with Crippen LogP contribution < -0.4 is 4.90 Å². The van der Waals surface area contributed by atoms with Gasteiger partial charge in [-0.15, -0.1) is 0 Å². The molecule has 20 heavy (non-hydrogen) atoms. The smallest absolute Gasteiger partial charge is 0.100 e. The number of nitrogens with zero attached hydrogens (tertiary/aromatic N) is 5. The third-order valence-electron chi connectivity index (χ3n) is 2.91. The summed E-state index contributed by atoms with van der Waals surface area (Å²) in [5.74, 6) is 0. The molecule has 0 amide bonds. The average Bonchev–Trinajstić information content (AvgIpc) is 2.42. The molecule has 1 unspecified atom stereocenters. The van der Waals surface area contributed by atoms with Crippen molar-refractivity contribution in [3.8, 4) is 0 Å². The number of aliphatic imine (C=N–C) groups is 2. The minimum Gasteiger partial charge on any atom is -0.378 e. The van der Waals surface area contributed by atoms with Crippen LogP contribution in [0.3, 0.4) is 0 Å². The van der Waals surface area contributed by atoms with E-state index in [1.807, 2.05) is 39.3 Å². The van der Waals surface area contributed by atoms with Crippen LogP contribution in [0.25, 0.3) is 0 Å². The van der Waals surface area contributed by atoms with E-state index in [1.165, 1.54) is 0 Å². The number of anilines is 1. The largest absolute Gasteiger partial charge is 0.378 e. The highest BCUT2D eigenvalue weighted by molar-refractivity contribution is 5.46. The number of hydrogen-bond donors (Lipinski definition) is 0. The van der Waals surface area contributed by atoms with E-state index < -0.39 is 0 Å². The minimum absolute atomic E-state index is 0.0208. The van der Waals surface area contributed by atoms with Crippen molar-refractivity contribution in [2.75, 3.05) is 46.2 Å². The Bertz CT molecular complexity index is 461. The first-order valence-corrected chi connectivity index (χ1v) is 6.90. The molecule has 0 aliphatic rings. The monoisotopic (exact) mass is 275 g/mol. The quantitative estimate of drug-likeness (QED) is 0.566. The number of rotatable bonds is 7. The van der Waals surface area contributed by atoms with Crippen LogP contribution in [0.15, 0.2) is 28.3 Å². The van der Waals surface area contributed by atoms with Gasteiger partial charge in [0.05, 0.1) is 18.2 Å². The van der Waals surface area contributed by atoms with Crippen LogP contribution in [-0.2, 0) is 0 Å². The Balaban J connectivity index is 2.55. The molecule has 0 aliphatic heterocycles. The lowest BCUT2D eigenvalue weighted by atomic mass is 10.2. The highest BCUT2D eigenvalue weighted by atomic mass is 15.1. The molecule has 0 saturated carbocycles. The number of pyridine rings is 1. The molecule has 5 heteroatoms. The average molecular weight is 275 g/mol. The first kappa shape index (κ1) is 16.3. The van der Waals surface area contributed by atoms with Gasteiger partial charge in [-0.3, -0.25) is 4.98 Å². The van der Waals surface area contributed by atoms with Crippen LogP contribution in [0.1, 0.15) is 25.1 Å². The summed E-state index contributed by atoms with van der Waals surface area (Å²) in [6, 6.07) is 6.79. The van der Waals surface area contributed by atoms with Gasteiger partial charge in [0.15, 0.2) is 0 Å². The van der Waals surface area contributed by atoms with E-state index in [-0.39, 0.29) is 6.04 Å². The van der Waals surface area contributed by atoms with Crippen molar-refractivity contribution >= 4 is 11.7 Å². The van der Waals surface area contributed by atoms with Crippen molar-refractivity contribution in [3.05, 3.63) is 24.0 Å². The highest BCUT2D eigenvalue weighted by Gasteiger charge is 2.05. The van der Waals surface area contributed by atoms with E-state index >= 15 is 0 Å². The lowest BCUT2D eigenvalue weighted by molar-refractivity contribution is 0.403. The summed E-state index contributed by atoms with van der Waals surface area (Å²) in [5.41, 5.74) is 2.06. The molecule has 1 rings (SSSR count). The molecule has 0 radical (unpaired) electrons. The Morgan fingerprint density at radius 2 is 2.05 bits per heavy atom. The third kappa shape index (κ3) is 5.95. The standard InChI is InChI=1S/C15H25N5/c1-13(18-12-16-8-6-10-19(2)3)15-11-14(20(4)5)7-9-17-15/h7,9,11,13H,6,8,10H2,1-5H3. The van der Waals surface area contributed by atoms with Crippen molar-refractivity contribution < 1.29 is 0 Å². The Hall–Kier alpha value is -1.71. The van der Waals surface area contributed by atoms with Crippen molar-refractivity contribution in [1.29, 1.82) is 0 Å². The lowest BCUT2D eigenvalue weighted by Gasteiger charge is -2.13. The number of hydrogen-bond acceptors (Lipinski definition) is 5. The fraction of sp³-hybridized carbons (Fsp3) is 0.600. The highest BCUT2D eigenvalue weighted by Crippen LogP contribution is 2.18. The lowest BCUT2D eigenvalue weighted by Crippen LogP contribution is -2.13. The summed E-state index contributed by atoms with van der Waals surface area (Å²) in [4.78, 5) is 17.0. The van der Waals surface area contributed by atoms with Gasteiger partial charge in [-0.05, 0) is 46.1 Å². The Morgan fingerprint density at radius 1 is 1.30 bits per heavy atom. The van der Waals surface area contributed by atoms with Crippen LogP contribution in [-0.4, -0.2) is 57.2 Å². The fourth-order valence-corrected chi connectivity index (χ4v) is 1.65. The predicted molar refractivity (Wildman–Crippen MR) is 84.9 cm³/mol. The molecular weight excluding hydrogens is 250 g/mol. The maximum atomic E-state index is 4.35. The van der Waals surface area contributed by atoms with Gasteiger partial charge in [0.1, 0.15) is 6.04 Å². The zero-order valence-electron chi connectivity index (χ0n) is 13.2. The normalized spacial score (nSPS) is 11.9. The molecule has 110 valence electrons. The van der Waals surface area contributed by atoms with Gasteiger partial charge in [-0.25, -0.2) is 9.98 Å². The molecule has 0 aromatic carbocycles. The summed E-state index contributed by atoms with van der Waals surface area (Å²) in [7, 11) is 8.14. The first-order chi connectivity index (χ1) is 9.50. The second kappa shape index (κ2) is 8.46. The Morgan fingerprint density at radius 3 is 2.70 bits per heavy atom. The second-order valence-electron chi connectivity index (χ2n) is 5.28. The molecule has 1 aromatic rings. The SMILES string of the molecule is CC(N=C=NCCCN(C)C)c1cc(N(C)C)ccn1. The van der Waals surface area contributed by atoms with E-state index in [0.717, 1.165) is 30.9 Å². The summed E-state index contributed by atoms with van der Waals surface area (Å²) >= 11 is 0. The molecule has 1 atom stereocenters. The predicted octanol–water partition coefficient (Wildman–Crippen LogP) is 2.33. The molecule has 1 aromatic heterocycles. The van der Waals surface area contributed by atoms with Crippen LogP contribution in [0.2, 0.25) is 0 Å². The maximum Gasteiger partial charge on any atom is 0.100 e. The molecule has 0 saturated heterocycles. The molecular formula is C15H25N5. The summed E-state index contributed by atoms with van der Waals surface area (Å²) < 4.78 is 0. The minimum atomic E-state index is -0.0208. The van der Waals surface area contributed by atoms with E-state index in [0.29, 0.717) is 0 Å². The van der Waals surface area contributed by atoms with Crippen LogP contribution in [0.5, 0.6) is 0 Å². The van der Waals surface area contributed by atoms with E-state index in [1.54, 1.807) is 0 Å². The molecule has 0 spiro atoms. The van der Waals surface area contributed by atoms with Crippen molar-refractivity contribution in [2.24, 2.45) is 9.98 Å². The molecule has 0 N–H and O–H groups in total. The van der Waals surface area contributed by atoms with Crippen LogP contribution in [0, 0.1) is 0 Å². The van der Waals surface area contributed by atoms with Gasteiger partial charge in [-0.1, -0.05) is 0 Å². The van der Waals surface area contributed by atoms with Crippen molar-refractivity contribution in [2.45, 2.75) is 19.4 Å². The van der Waals surface area contributed by atoms with Crippen molar-refractivity contribution in [3.63, 3.8) is 0 Å². The molecule has 0 bridgehead atoms. The number of aromatic nitrogens is 1. The van der Waals surface area contributed by atoms with Gasteiger partial charge in [0.2, 0.25) is 0 Å². The summed E-state index contributed by atoms with van der Waals surface area (Å²) in [6.07, 6.45) is 2.84. The summed E-state index contributed by atoms with van der Waals surface area (Å²) in [6.45, 7) is 3.80. The van der Waals surface area contributed by atoms with E-state index in [9.17, 15) is 0 Å². The molecule has 0 fully saturated rings. The van der Waals surface area contributed by atoms with Gasteiger partial charge in [0, 0.05) is 26.0 Å². The van der Waals surface area contributed by atoms with Crippen LogP contribution >= 0.6 is 0 Å².